The Balaban J connectivity index is 2.38. The first-order valence-electron chi connectivity index (χ1n) is 4.04. The molecule has 0 aliphatic carbocycles. The molecule has 0 aromatic heterocycles. The van der Waals surface area contributed by atoms with Crippen LogP contribution >= 0.6 is 11.6 Å². The van der Waals surface area contributed by atoms with E-state index in [9.17, 15) is 4.79 Å². The van der Waals surface area contributed by atoms with Crippen LogP contribution in [0.1, 0.15) is 6.42 Å². The molecule has 1 heterocycles. The molecule has 13 heavy (non-hydrogen) atoms. The molecule has 0 unspecified atom stereocenters. The Morgan fingerprint density at radius 1 is 1.46 bits per heavy atom. The first-order chi connectivity index (χ1) is 6.18. The molecule has 0 saturated carbocycles. The van der Waals surface area contributed by atoms with Crippen molar-refractivity contribution in [1.29, 1.82) is 0 Å². The van der Waals surface area contributed by atoms with E-state index in [0.717, 1.165) is 12.2 Å². The number of nitrogens with two attached hydrogens (primary N) is 1. The maximum absolute atomic E-state index is 11.1. The van der Waals surface area contributed by atoms with Crippen molar-refractivity contribution in [3.8, 4) is 0 Å². The average Bonchev–Trinajstić information content (AvgIpc) is 2.09. The van der Waals surface area contributed by atoms with Crippen molar-refractivity contribution >= 4 is 28.9 Å². The molecule has 1 aromatic rings. The van der Waals surface area contributed by atoms with Crippen LogP contribution in [0, 0.1) is 0 Å². The number of rotatable bonds is 1. The van der Waals surface area contributed by atoms with Gasteiger partial charge >= 0.3 is 0 Å². The van der Waals surface area contributed by atoms with Crippen molar-refractivity contribution in [2.75, 3.05) is 17.2 Å². The minimum atomic E-state index is 0.104. The summed E-state index contributed by atoms with van der Waals surface area (Å²) in [4.78, 5) is 12.8. The summed E-state index contributed by atoms with van der Waals surface area (Å²) >= 11 is 5.92. The van der Waals surface area contributed by atoms with Gasteiger partial charge in [0.2, 0.25) is 5.91 Å². The highest BCUT2D eigenvalue weighted by molar-refractivity contribution is 6.34. The molecular formula is C9H9ClN2O. The summed E-state index contributed by atoms with van der Waals surface area (Å²) < 4.78 is 0. The molecule has 1 aliphatic rings. The smallest absolute Gasteiger partial charge is 0.228 e. The molecule has 2 N–H and O–H groups in total. The van der Waals surface area contributed by atoms with Crippen LogP contribution in [0.15, 0.2) is 18.2 Å². The Morgan fingerprint density at radius 2 is 2.23 bits per heavy atom. The van der Waals surface area contributed by atoms with Crippen LogP contribution in [0.4, 0.5) is 11.4 Å². The SMILES string of the molecule is Nc1ccc(Cl)c(N2CCC2=O)c1. The fraction of sp³-hybridized carbons (Fsp3) is 0.222. The van der Waals surface area contributed by atoms with Crippen LogP contribution in [-0.2, 0) is 4.79 Å². The number of β-lactam (4-membered cyclic amide) rings is 1. The number of anilines is 2. The van der Waals surface area contributed by atoms with E-state index in [2.05, 4.69) is 0 Å². The van der Waals surface area contributed by atoms with Crippen molar-refractivity contribution in [3.05, 3.63) is 23.2 Å². The number of hydrogen-bond acceptors (Lipinski definition) is 2. The van der Waals surface area contributed by atoms with Crippen LogP contribution in [0.25, 0.3) is 0 Å². The number of hydrogen-bond donors (Lipinski definition) is 1. The van der Waals surface area contributed by atoms with E-state index < -0.39 is 0 Å². The van der Waals surface area contributed by atoms with Gasteiger partial charge in [0.05, 0.1) is 10.7 Å². The molecule has 1 fully saturated rings. The quantitative estimate of drug-likeness (QED) is 0.549. The lowest BCUT2D eigenvalue weighted by Gasteiger charge is -2.31. The molecule has 3 nitrogen and oxygen atoms in total. The molecule has 1 aromatic carbocycles. The van der Waals surface area contributed by atoms with Gasteiger partial charge in [-0.05, 0) is 18.2 Å². The van der Waals surface area contributed by atoms with Crippen molar-refractivity contribution in [3.63, 3.8) is 0 Å². The summed E-state index contributed by atoms with van der Waals surface area (Å²) in [5.74, 6) is 0.104. The number of nitrogen functional groups attached to an aromatic ring is 1. The fourth-order valence-electron chi connectivity index (χ4n) is 1.31. The summed E-state index contributed by atoms with van der Waals surface area (Å²) in [7, 11) is 0. The van der Waals surface area contributed by atoms with E-state index in [1.165, 1.54) is 0 Å². The Hall–Kier alpha value is -1.22. The zero-order valence-electron chi connectivity index (χ0n) is 6.96. The lowest BCUT2D eigenvalue weighted by Crippen LogP contribution is -2.43. The van der Waals surface area contributed by atoms with Crippen molar-refractivity contribution in [2.24, 2.45) is 0 Å². The summed E-state index contributed by atoms with van der Waals surface area (Å²) in [5.41, 5.74) is 6.94. The van der Waals surface area contributed by atoms with Crippen LogP contribution in [0.3, 0.4) is 0 Å². The Labute approximate surface area is 81.1 Å². The van der Waals surface area contributed by atoms with Crippen LogP contribution in [0.5, 0.6) is 0 Å². The molecule has 0 spiro atoms. The summed E-state index contributed by atoms with van der Waals surface area (Å²) in [6.45, 7) is 0.738. The predicted molar refractivity (Wildman–Crippen MR) is 52.8 cm³/mol. The van der Waals surface area contributed by atoms with Gasteiger partial charge in [-0.1, -0.05) is 11.6 Å². The Bertz CT molecular complexity index is 365. The topological polar surface area (TPSA) is 46.3 Å². The second-order valence-corrected chi connectivity index (χ2v) is 3.41. The molecule has 1 aliphatic heterocycles. The number of carbonyl (C=O) groups excluding carboxylic acids is 1. The second kappa shape index (κ2) is 2.92. The van der Waals surface area contributed by atoms with Gasteiger partial charge in [0.25, 0.3) is 0 Å². The summed E-state index contributed by atoms with van der Waals surface area (Å²) in [6, 6.07) is 5.15. The Morgan fingerprint density at radius 3 is 2.77 bits per heavy atom. The summed E-state index contributed by atoms with van der Waals surface area (Å²) in [5, 5.41) is 0.572. The predicted octanol–water partition coefficient (Wildman–Crippen LogP) is 1.66. The van der Waals surface area contributed by atoms with E-state index in [4.69, 9.17) is 17.3 Å². The van der Waals surface area contributed by atoms with Gasteiger partial charge in [-0.3, -0.25) is 4.79 Å². The largest absolute Gasteiger partial charge is 0.399 e. The van der Waals surface area contributed by atoms with E-state index in [1.807, 2.05) is 0 Å². The normalized spacial score (nSPS) is 15.8. The van der Waals surface area contributed by atoms with Gasteiger partial charge in [0, 0.05) is 18.7 Å². The van der Waals surface area contributed by atoms with Crippen LogP contribution in [0.2, 0.25) is 5.02 Å². The van der Waals surface area contributed by atoms with Crippen molar-refractivity contribution < 1.29 is 4.79 Å². The van der Waals surface area contributed by atoms with Gasteiger partial charge in [0.15, 0.2) is 0 Å². The lowest BCUT2D eigenvalue weighted by atomic mass is 10.1. The average molecular weight is 197 g/mol. The maximum atomic E-state index is 11.1. The first kappa shape index (κ1) is 8.38. The van der Waals surface area contributed by atoms with Gasteiger partial charge in [0.1, 0.15) is 0 Å². The molecule has 4 heteroatoms. The standard InChI is InChI=1S/C9H9ClN2O/c10-7-2-1-6(11)5-8(7)12-4-3-9(12)13/h1-2,5H,3-4,11H2. The van der Waals surface area contributed by atoms with E-state index in [1.54, 1.807) is 23.1 Å². The number of benzene rings is 1. The minimum absolute atomic E-state index is 0.104. The van der Waals surface area contributed by atoms with Gasteiger partial charge < -0.3 is 10.6 Å². The number of nitrogens with zero attached hydrogens (tertiary/aromatic N) is 1. The first-order valence-corrected chi connectivity index (χ1v) is 4.41. The minimum Gasteiger partial charge on any atom is -0.399 e. The molecule has 1 amide bonds. The highest BCUT2D eigenvalue weighted by atomic mass is 35.5. The van der Waals surface area contributed by atoms with E-state index in [-0.39, 0.29) is 5.91 Å². The molecule has 0 radical (unpaired) electrons. The molecule has 2 rings (SSSR count). The van der Waals surface area contributed by atoms with Gasteiger partial charge in [-0.2, -0.15) is 0 Å². The maximum Gasteiger partial charge on any atom is 0.228 e. The zero-order chi connectivity index (χ0) is 9.42. The number of halogens is 1. The van der Waals surface area contributed by atoms with Crippen molar-refractivity contribution in [2.45, 2.75) is 6.42 Å². The molecular weight excluding hydrogens is 188 g/mol. The molecule has 0 bridgehead atoms. The van der Waals surface area contributed by atoms with Crippen LogP contribution < -0.4 is 10.6 Å². The van der Waals surface area contributed by atoms with Crippen LogP contribution in [-0.4, -0.2) is 12.5 Å². The number of carbonyl (C=O) groups is 1. The third-order valence-corrected chi connectivity index (χ3v) is 2.43. The van der Waals surface area contributed by atoms with Gasteiger partial charge in [-0.15, -0.1) is 0 Å². The monoisotopic (exact) mass is 196 g/mol. The zero-order valence-corrected chi connectivity index (χ0v) is 7.71. The molecule has 0 atom stereocenters. The number of amides is 1. The second-order valence-electron chi connectivity index (χ2n) is 3.01. The van der Waals surface area contributed by atoms with E-state index >= 15 is 0 Å². The third kappa shape index (κ3) is 1.35. The fourth-order valence-corrected chi connectivity index (χ4v) is 1.53. The molecule has 1 saturated heterocycles. The molecule has 68 valence electrons. The Kier molecular flexibility index (Phi) is 1.88. The third-order valence-electron chi connectivity index (χ3n) is 2.11. The highest BCUT2D eigenvalue weighted by Crippen LogP contribution is 2.31. The van der Waals surface area contributed by atoms with Gasteiger partial charge in [-0.25, -0.2) is 0 Å². The lowest BCUT2D eigenvalue weighted by molar-refractivity contribution is -0.122. The van der Waals surface area contributed by atoms with E-state index in [0.29, 0.717) is 17.1 Å². The highest BCUT2D eigenvalue weighted by Gasteiger charge is 2.26. The van der Waals surface area contributed by atoms with Crippen molar-refractivity contribution in [1.82, 2.24) is 0 Å². The summed E-state index contributed by atoms with van der Waals surface area (Å²) in [6.07, 6.45) is 0.602.